The summed E-state index contributed by atoms with van der Waals surface area (Å²) in [7, 11) is 0. The number of aromatic nitrogens is 2. The number of nitrogens with one attached hydrogen (secondary N) is 2. The zero-order chi connectivity index (χ0) is 17.6. The van der Waals surface area contributed by atoms with Crippen molar-refractivity contribution in [3.05, 3.63) is 51.4 Å². The number of benzene rings is 1. The van der Waals surface area contributed by atoms with Crippen LogP contribution in [0.3, 0.4) is 0 Å². The maximum atomic E-state index is 12.0. The molecule has 1 aliphatic carbocycles. The molecule has 2 aromatic rings. The number of nitrogens with zero attached hydrogens (tertiary/aromatic N) is 1. The van der Waals surface area contributed by atoms with Gasteiger partial charge < -0.3 is 14.8 Å². The molecule has 25 heavy (non-hydrogen) atoms. The number of rotatable bonds is 7. The van der Waals surface area contributed by atoms with E-state index < -0.39 is 5.97 Å². The quantitative estimate of drug-likeness (QED) is 0.591. The van der Waals surface area contributed by atoms with E-state index in [0.29, 0.717) is 24.7 Å². The molecule has 132 valence electrons. The highest BCUT2D eigenvalue weighted by molar-refractivity contribution is 5.89. The summed E-state index contributed by atoms with van der Waals surface area (Å²) >= 11 is 0. The van der Waals surface area contributed by atoms with E-state index in [9.17, 15) is 9.59 Å². The molecule has 7 heteroatoms. The van der Waals surface area contributed by atoms with E-state index >= 15 is 0 Å². The summed E-state index contributed by atoms with van der Waals surface area (Å²) < 4.78 is 10.2. The Morgan fingerprint density at radius 3 is 2.80 bits per heavy atom. The minimum absolute atomic E-state index is 0.0838. The highest BCUT2D eigenvalue weighted by Crippen LogP contribution is 2.19. The third-order valence-corrected chi connectivity index (χ3v) is 3.99. The van der Waals surface area contributed by atoms with Gasteiger partial charge in [0.25, 0.3) is 5.56 Å². The van der Waals surface area contributed by atoms with Gasteiger partial charge >= 0.3 is 5.97 Å². The number of ether oxygens (including phenoxy) is 2. The number of aromatic amines is 1. The van der Waals surface area contributed by atoms with Gasteiger partial charge in [0, 0.05) is 17.9 Å². The van der Waals surface area contributed by atoms with E-state index in [1.54, 1.807) is 24.3 Å². The van der Waals surface area contributed by atoms with Crippen molar-refractivity contribution in [2.24, 2.45) is 0 Å². The van der Waals surface area contributed by atoms with Crippen molar-refractivity contribution < 1.29 is 14.3 Å². The molecule has 0 atom stereocenters. The van der Waals surface area contributed by atoms with E-state index in [0.717, 1.165) is 36.2 Å². The summed E-state index contributed by atoms with van der Waals surface area (Å²) in [5.41, 5.74) is 2.75. The number of fused-ring (bicyclic) bond motifs is 1. The van der Waals surface area contributed by atoms with Gasteiger partial charge in [-0.15, -0.1) is 0 Å². The monoisotopic (exact) mass is 343 g/mol. The van der Waals surface area contributed by atoms with Gasteiger partial charge in [-0.25, -0.2) is 9.78 Å². The van der Waals surface area contributed by atoms with Crippen LogP contribution >= 0.6 is 0 Å². The molecule has 1 aliphatic rings. The Hall–Kier alpha value is -2.67. The number of anilines is 2. The maximum Gasteiger partial charge on any atom is 0.338 e. The summed E-state index contributed by atoms with van der Waals surface area (Å²) in [5, 5.41) is 3.06. The van der Waals surface area contributed by atoms with Crippen LogP contribution < -0.4 is 10.9 Å². The second-order valence-corrected chi connectivity index (χ2v) is 5.73. The minimum atomic E-state index is -0.393. The molecule has 0 radical (unpaired) electrons. The third kappa shape index (κ3) is 4.24. The topological polar surface area (TPSA) is 93.3 Å². The smallest absolute Gasteiger partial charge is 0.338 e. The number of carbonyl (C=O) groups excluding carboxylic acids is 1. The first-order valence-corrected chi connectivity index (χ1v) is 8.41. The zero-order valence-corrected chi connectivity index (χ0v) is 14.1. The second kappa shape index (κ2) is 7.94. The van der Waals surface area contributed by atoms with Crippen molar-refractivity contribution in [2.45, 2.75) is 26.2 Å². The molecule has 0 saturated heterocycles. The first-order chi connectivity index (χ1) is 12.2. The van der Waals surface area contributed by atoms with Crippen LogP contribution in [0.1, 0.15) is 35.0 Å². The molecule has 0 saturated carbocycles. The Balaban J connectivity index is 1.62. The molecule has 0 aliphatic heterocycles. The molecule has 2 N–H and O–H groups in total. The van der Waals surface area contributed by atoms with Crippen molar-refractivity contribution in [3.8, 4) is 0 Å². The summed E-state index contributed by atoms with van der Waals surface area (Å²) in [6.07, 6.45) is 2.59. The molecule has 0 bridgehead atoms. The van der Waals surface area contributed by atoms with Crippen LogP contribution in [0.25, 0.3) is 0 Å². The largest absolute Gasteiger partial charge is 0.460 e. The molecule has 0 fully saturated rings. The number of H-pyrrole nitrogens is 1. The lowest BCUT2D eigenvalue weighted by Crippen LogP contribution is -2.16. The fourth-order valence-corrected chi connectivity index (χ4v) is 2.75. The lowest BCUT2D eigenvalue weighted by Gasteiger charge is -2.08. The van der Waals surface area contributed by atoms with Gasteiger partial charge in [0.15, 0.2) is 0 Å². The minimum Gasteiger partial charge on any atom is -0.460 e. The number of esters is 1. The SMILES string of the molecule is CCOCCOC(=O)c1ccc(Nc2nc3c(c(=O)[nH]2)CCC3)cc1. The fraction of sp³-hybridized carbons (Fsp3) is 0.389. The molecule has 3 rings (SSSR count). The van der Waals surface area contributed by atoms with Crippen molar-refractivity contribution in [3.63, 3.8) is 0 Å². The van der Waals surface area contributed by atoms with Gasteiger partial charge in [-0.05, 0) is 50.5 Å². The van der Waals surface area contributed by atoms with Crippen molar-refractivity contribution in [1.29, 1.82) is 0 Å². The molecule has 0 unspecified atom stereocenters. The van der Waals surface area contributed by atoms with Gasteiger partial charge in [-0.2, -0.15) is 0 Å². The normalized spacial score (nSPS) is 12.7. The molecule has 1 aromatic carbocycles. The zero-order valence-electron chi connectivity index (χ0n) is 14.1. The van der Waals surface area contributed by atoms with E-state index in [4.69, 9.17) is 9.47 Å². The van der Waals surface area contributed by atoms with Crippen LogP contribution in [0.15, 0.2) is 29.1 Å². The molecular weight excluding hydrogens is 322 g/mol. The molecule has 0 spiro atoms. The molecule has 1 heterocycles. The van der Waals surface area contributed by atoms with Gasteiger partial charge in [0.1, 0.15) is 6.61 Å². The summed E-state index contributed by atoms with van der Waals surface area (Å²) in [6, 6.07) is 6.81. The molecule has 0 amide bonds. The molecule has 1 aromatic heterocycles. The second-order valence-electron chi connectivity index (χ2n) is 5.73. The van der Waals surface area contributed by atoms with E-state index in [2.05, 4.69) is 15.3 Å². The Bertz CT molecular complexity index is 799. The average Bonchev–Trinajstić information content (AvgIpc) is 3.08. The lowest BCUT2D eigenvalue weighted by atomic mass is 10.2. The van der Waals surface area contributed by atoms with Crippen LogP contribution in [0.2, 0.25) is 0 Å². The van der Waals surface area contributed by atoms with E-state index in [1.165, 1.54) is 0 Å². The number of hydrogen-bond acceptors (Lipinski definition) is 6. The van der Waals surface area contributed by atoms with Gasteiger partial charge in [0.2, 0.25) is 5.95 Å². The Kier molecular flexibility index (Phi) is 5.45. The number of carbonyl (C=O) groups is 1. The Labute approximate surface area is 145 Å². The van der Waals surface area contributed by atoms with E-state index in [-0.39, 0.29) is 12.2 Å². The first kappa shape index (κ1) is 17.2. The van der Waals surface area contributed by atoms with Crippen LogP contribution in [0, 0.1) is 0 Å². The number of hydrogen-bond donors (Lipinski definition) is 2. The third-order valence-electron chi connectivity index (χ3n) is 3.99. The Morgan fingerprint density at radius 2 is 2.04 bits per heavy atom. The highest BCUT2D eigenvalue weighted by Gasteiger charge is 2.17. The van der Waals surface area contributed by atoms with Gasteiger partial charge in [0.05, 0.1) is 17.9 Å². The maximum absolute atomic E-state index is 12.0. The summed E-state index contributed by atoms with van der Waals surface area (Å²) in [5.74, 6) is 0.0213. The Morgan fingerprint density at radius 1 is 1.24 bits per heavy atom. The average molecular weight is 343 g/mol. The molecular formula is C18H21N3O4. The number of aryl methyl sites for hydroxylation is 1. The van der Waals surface area contributed by atoms with Crippen molar-refractivity contribution >= 4 is 17.6 Å². The van der Waals surface area contributed by atoms with Crippen LogP contribution in [0.4, 0.5) is 11.6 Å². The lowest BCUT2D eigenvalue weighted by molar-refractivity contribution is 0.0335. The van der Waals surface area contributed by atoms with Gasteiger partial charge in [-0.1, -0.05) is 0 Å². The standard InChI is InChI=1S/C18H21N3O4/c1-2-24-10-11-25-17(23)12-6-8-13(9-7-12)19-18-20-15-5-3-4-14(15)16(22)21-18/h6-9H,2-5,10-11H2,1H3,(H2,19,20,21,22). The molecule has 7 nitrogen and oxygen atoms in total. The summed E-state index contributed by atoms with van der Waals surface area (Å²) in [6.45, 7) is 3.10. The predicted octanol–water partition coefficient (Wildman–Crippen LogP) is 2.20. The predicted molar refractivity (Wildman–Crippen MR) is 93.4 cm³/mol. The summed E-state index contributed by atoms with van der Waals surface area (Å²) in [4.78, 5) is 31.1. The van der Waals surface area contributed by atoms with Gasteiger partial charge in [-0.3, -0.25) is 9.78 Å². The highest BCUT2D eigenvalue weighted by atomic mass is 16.6. The van der Waals surface area contributed by atoms with Crippen LogP contribution in [-0.4, -0.2) is 35.8 Å². The van der Waals surface area contributed by atoms with Crippen LogP contribution in [0.5, 0.6) is 0 Å². The fourth-order valence-electron chi connectivity index (χ4n) is 2.75. The first-order valence-electron chi connectivity index (χ1n) is 8.41. The van der Waals surface area contributed by atoms with Crippen molar-refractivity contribution in [2.75, 3.05) is 25.1 Å². The van der Waals surface area contributed by atoms with E-state index in [1.807, 2.05) is 6.92 Å². The van der Waals surface area contributed by atoms with Crippen LogP contribution in [-0.2, 0) is 22.3 Å². The van der Waals surface area contributed by atoms with Crippen molar-refractivity contribution in [1.82, 2.24) is 9.97 Å².